The van der Waals surface area contributed by atoms with Crippen molar-refractivity contribution in [1.29, 1.82) is 0 Å². The predicted molar refractivity (Wildman–Crippen MR) is 51.9 cm³/mol. The van der Waals surface area contributed by atoms with Crippen LogP contribution in [0.5, 0.6) is 0 Å². The highest BCUT2D eigenvalue weighted by atomic mass is 31.2. The number of carbonyl (C=O) groups is 1. The zero-order valence-electron chi connectivity index (χ0n) is 8.27. The van der Waals surface area contributed by atoms with E-state index < -0.39 is 19.2 Å². The molecule has 0 aromatic carbocycles. The van der Waals surface area contributed by atoms with E-state index in [0.717, 1.165) is 0 Å². The lowest BCUT2D eigenvalue weighted by atomic mass is 10.3. The molecule has 0 amide bonds. The molecule has 0 heterocycles. The summed E-state index contributed by atoms with van der Waals surface area (Å²) >= 11 is 0. The van der Waals surface area contributed by atoms with Gasteiger partial charge in [-0.2, -0.15) is 0 Å². The van der Waals surface area contributed by atoms with E-state index in [1.165, 1.54) is 6.92 Å². The van der Waals surface area contributed by atoms with Gasteiger partial charge in [0.1, 0.15) is 6.61 Å². The zero-order valence-corrected chi connectivity index (χ0v) is 9.16. The van der Waals surface area contributed by atoms with Crippen molar-refractivity contribution in [2.75, 3.05) is 6.61 Å². The lowest BCUT2D eigenvalue weighted by Crippen LogP contribution is -2.18. The summed E-state index contributed by atoms with van der Waals surface area (Å²) in [7, 11) is -4.17. The van der Waals surface area contributed by atoms with Gasteiger partial charge in [-0.25, -0.2) is 4.79 Å². The molecule has 0 rings (SSSR count). The first-order chi connectivity index (χ1) is 6.29. The van der Waals surface area contributed by atoms with E-state index >= 15 is 0 Å². The van der Waals surface area contributed by atoms with E-state index in [1.807, 2.05) is 0 Å². The Kier molecular flexibility index (Phi) is 5.05. The van der Waals surface area contributed by atoms with Gasteiger partial charge in [-0.1, -0.05) is 13.5 Å². The highest BCUT2D eigenvalue weighted by Gasteiger charge is 2.28. The number of carbonyl (C=O) groups excluding carboxylic acids is 1. The molecule has 5 nitrogen and oxygen atoms in total. The van der Waals surface area contributed by atoms with Crippen molar-refractivity contribution < 1.29 is 23.9 Å². The molecule has 0 bridgehead atoms. The van der Waals surface area contributed by atoms with Crippen molar-refractivity contribution >= 4 is 13.6 Å². The normalized spacial score (nSPS) is 13.4. The largest absolute Gasteiger partial charge is 0.461 e. The quantitative estimate of drug-likeness (QED) is 0.413. The first-order valence-electron chi connectivity index (χ1n) is 4.16. The van der Waals surface area contributed by atoms with Crippen molar-refractivity contribution in [3.63, 3.8) is 0 Å². The van der Waals surface area contributed by atoms with Crippen LogP contribution in [0.4, 0.5) is 0 Å². The van der Waals surface area contributed by atoms with Crippen molar-refractivity contribution in [2.45, 2.75) is 25.9 Å². The average Bonchev–Trinajstić information content (AvgIpc) is 2.02. The Balaban J connectivity index is 4.17. The monoisotopic (exact) mass is 222 g/mol. The second-order valence-electron chi connectivity index (χ2n) is 3.03. The lowest BCUT2D eigenvalue weighted by molar-refractivity contribution is -0.139. The molecule has 1 unspecified atom stereocenters. The van der Waals surface area contributed by atoms with Gasteiger partial charge in [0.25, 0.3) is 0 Å². The molecule has 0 aliphatic carbocycles. The minimum absolute atomic E-state index is 0.213. The summed E-state index contributed by atoms with van der Waals surface area (Å²) in [5, 5.41) is 0. The van der Waals surface area contributed by atoms with Gasteiger partial charge in [0, 0.05) is 5.57 Å². The fraction of sp³-hybridized carbons (Fsp3) is 0.625. The number of hydrogen-bond donors (Lipinski definition) is 2. The van der Waals surface area contributed by atoms with Crippen LogP contribution < -0.4 is 0 Å². The van der Waals surface area contributed by atoms with Gasteiger partial charge in [0.2, 0.25) is 0 Å². The zero-order chi connectivity index (χ0) is 11.4. The summed E-state index contributed by atoms with van der Waals surface area (Å²) in [6.45, 7) is 6.18. The van der Waals surface area contributed by atoms with E-state index in [0.29, 0.717) is 0 Å². The Morgan fingerprint density at radius 1 is 1.57 bits per heavy atom. The van der Waals surface area contributed by atoms with Crippen LogP contribution in [0.1, 0.15) is 20.3 Å². The maximum absolute atomic E-state index is 10.9. The number of hydrogen-bond acceptors (Lipinski definition) is 3. The van der Waals surface area contributed by atoms with E-state index in [9.17, 15) is 9.36 Å². The topological polar surface area (TPSA) is 83.8 Å². The van der Waals surface area contributed by atoms with Gasteiger partial charge in [-0.15, -0.1) is 0 Å². The second-order valence-corrected chi connectivity index (χ2v) is 4.94. The third kappa shape index (κ3) is 4.56. The third-order valence-corrected chi connectivity index (χ3v) is 3.17. The number of rotatable bonds is 5. The van der Waals surface area contributed by atoms with Crippen LogP contribution in [0, 0.1) is 0 Å². The molecule has 0 aromatic rings. The molecule has 6 heteroatoms. The first-order valence-corrected chi connectivity index (χ1v) is 5.85. The SMILES string of the molecule is C=C(C)C(=O)OCC(CC)P(=O)(O)O. The van der Waals surface area contributed by atoms with Gasteiger partial charge in [0.15, 0.2) is 0 Å². The van der Waals surface area contributed by atoms with Gasteiger partial charge in [0.05, 0.1) is 5.66 Å². The molecule has 1 atom stereocenters. The fourth-order valence-corrected chi connectivity index (χ4v) is 1.49. The van der Waals surface area contributed by atoms with Crippen LogP contribution in [0.15, 0.2) is 12.2 Å². The van der Waals surface area contributed by atoms with E-state index in [4.69, 9.17) is 9.79 Å². The molecule has 14 heavy (non-hydrogen) atoms. The molecular formula is C8H15O5P. The van der Waals surface area contributed by atoms with Crippen LogP contribution in [0.3, 0.4) is 0 Å². The molecule has 0 saturated heterocycles. The molecule has 0 aromatic heterocycles. The Hall–Kier alpha value is -0.640. The standard InChI is InChI=1S/C8H15O5P/c1-4-7(14(10,11)12)5-13-8(9)6(2)3/h7H,2,4-5H2,1,3H3,(H2,10,11,12). The maximum Gasteiger partial charge on any atom is 0.333 e. The molecular weight excluding hydrogens is 207 g/mol. The van der Waals surface area contributed by atoms with Gasteiger partial charge in [-0.05, 0) is 13.3 Å². The lowest BCUT2D eigenvalue weighted by Gasteiger charge is -2.16. The summed E-state index contributed by atoms with van der Waals surface area (Å²) in [5.41, 5.74) is -0.712. The predicted octanol–water partition coefficient (Wildman–Crippen LogP) is 1.06. The smallest absolute Gasteiger partial charge is 0.333 e. The van der Waals surface area contributed by atoms with Crippen molar-refractivity contribution in [2.24, 2.45) is 0 Å². The number of esters is 1. The number of ether oxygens (including phenoxy) is 1. The Labute approximate surface area is 82.9 Å². The van der Waals surface area contributed by atoms with Crippen molar-refractivity contribution in [3.8, 4) is 0 Å². The van der Waals surface area contributed by atoms with E-state index in [1.54, 1.807) is 6.92 Å². The van der Waals surface area contributed by atoms with Crippen LogP contribution in [0.25, 0.3) is 0 Å². The highest BCUT2D eigenvalue weighted by molar-refractivity contribution is 7.52. The van der Waals surface area contributed by atoms with Crippen LogP contribution in [-0.4, -0.2) is 28.0 Å². The van der Waals surface area contributed by atoms with Crippen LogP contribution in [-0.2, 0) is 14.1 Å². The van der Waals surface area contributed by atoms with Gasteiger partial charge < -0.3 is 14.5 Å². The van der Waals surface area contributed by atoms with E-state index in [2.05, 4.69) is 11.3 Å². The molecule has 82 valence electrons. The first kappa shape index (κ1) is 13.4. The Morgan fingerprint density at radius 2 is 2.07 bits per heavy atom. The average molecular weight is 222 g/mol. The molecule has 0 aliphatic heterocycles. The van der Waals surface area contributed by atoms with Crippen molar-refractivity contribution in [1.82, 2.24) is 0 Å². The summed E-state index contributed by atoms with van der Waals surface area (Å²) in [4.78, 5) is 28.6. The van der Waals surface area contributed by atoms with Gasteiger partial charge in [-0.3, -0.25) is 4.57 Å². The Bertz CT molecular complexity index is 267. The summed E-state index contributed by atoms with van der Waals surface area (Å²) in [6, 6.07) is 0. The fourth-order valence-electron chi connectivity index (χ4n) is 0.748. The van der Waals surface area contributed by atoms with Crippen molar-refractivity contribution in [3.05, 3.63) is 12.2 Å². The maximum atomic E-state index is 10.9. The minimum Gasteiger partial charge on any atom is -0.461 e. The summed E-state index contributed by atoms with van der Waals surface area (Å²) in [5.74, 6) is -0.628. The Morgan fingerprint density at radius 3 is 2.36 bits per heavy atom. The molecule has 2 N–H and O–H groups in total. The molecule has 0 radical (unpaired) electrons. The molecule has 0 aliphatic rings. The van der Waals surface area contributed by atoms with Crippen LogP contribution >= 0.6 is 7.60 Å². The molecule has 0 spiro atoms. The summed E-state index contributed by atoms with van der Waals surface area (Å²) in [6.07, 6.45) is 0.258. The third-order valence-electron chi connectivity index (χ3n) is 1.70. The summed E-state index contributed by atoms with van der Waals surface area (Å²) < 4.78 is 15.5. The highest BCUT2D eigenvalue weighted by Crippen LogP contribution is 2.42. The molecule has 0 fully saturated rings. The van der Waals surface area contributed by atoms with Gasteiger partial charge >= 0.3 is 13.6 Å². The minimum atomic E-state index is -4.17. The van der Waals surface area contributed by atoms with E-state index in [-0.39, 0.29) is 18.6 Å². The second kappa shape index (κ2) is 5.29. The van der Waals surface area contributed by atoms with Crippen LogP contribution in [0.2, 0.25) is 0 Å². The molecule has 0 saturated carbocycles.